The zero-order valence-electron chi connectivity index (χ0n) is 9.85. The Morgan fingerprint density at radius 1 is 1.00 bits per heavy atom. The van der Waals surface area contributed by atoms with E-state index >= 15 is 0 Å². The Bertz CT molecular complexity index is 628. The SMILES string of the molecule is Cc1cc(Br)c(C(Cl)c2ccc(Br)c(F)c2)cc1Br. The van der Waals surface area contributed by atoms with Gasteiger partial charge in [0.05, 0.1) is 9.85 Å². The van der Waals surface area contributed by atoms with Gasteiger partial charge in [0.25, 0.3) is 0 Å². The first-order chi connectivity index (χ1) is 8.90. The average molecular weight is 471 g/mol. The molecule has 0 fully saturated rings. The highest BCUT2D eigenvalue weighted by Crippen LogP contribution is 2.37. The molecule has 0 N–H and O–H groups in total. The monoisotopic (exact) mass is 468 g/mol. The van der Waals surface area contributed by atoms with Gasteiger partial charge in [-0.15, -0.1) is 11.6 Å². The molecule has 0 aliphatic carbocycles. The second-order valence-electron chi connectivity index (χ2n) is 4.16. The summed E-state index contributed by atoms with van der Waals surface area (Å²) in [5, 5.41) is -0.408. The first-order valence-electron chi connectivity index (χ1n) is 5.44. The number of halogens is 5. The van der Waals surface area contributed by atoms with Gasteiger partial charge in [0.2, 0.25) is 0 Å². The van der Waals surface area contributed by atoms with Crippen LogP contribution in [0.25, 0.3) is 0 Å². The summed E-state index contributed by atoms with van der Waals surface area (Å²) in [5.74, 6) is -0.314. The van der Waals surface area contributed by atoms with Gasteiger partial charge in [-0.25, -0.2) is 4.39 Å². The molecule has 0 amide bonds. The zero-order chi connectivity index (χ0) is 14.2. The van der Waals surface area contributed by atoms with Crippen molar-refractivity contribution in [1.29, 1.82) is 0 Å². The molecule has 0 saturated carbocycles. The van der Waals surface area contributed by atoms with Gasteiger partial charge in [0, 0.05) is 8.95 Å². The van der Waals surface area contributed by atoms with Crippen LogP contribution in [0.1, 0.15) is 22.1 Å². The second-order valence-corrected chi connectivity index (χ2v) is 7.16. The number of alkyl halides is 1. The van der Waals surface area contributed by atoms with E-state index in [0.717, 1.165) is 25.6 Å². The standard InChI is InChI=1S/C14H9Br3ClF/c1-7-4-12(17)9(6-11(7)16)14(18)8-2-3-10(15)13(19)5-8/h2-6,14H,1H3. The fourth-order valence-electron chi connectivity index (χ4n) is 1.71. The Labute approximate surface area is 141 Å². The topological polar surface area (TPSA) is 0 Å². The van der Waals surface area contributed by atoms with E-state index in [9.17, 15) is 4.39 Å². The summed E-state index contributed by atoms with van der Waals surface area (Å²) in [7, 11) is 0. The van der Waals surface area contributed by atoms with Crippen LogP contribution in [0.5, 0.6) is 0 Å². The summed E-state index contributed by atoms with van der Waals surface area (Å²) >= 11 is 16.6. The molecule has 1 unspecified atom stereocenters. The van der Waals surface area contributed by atoms with Crippen molar-refractivity contribution >= 4 is 59.4 Å². The smallest absolute Gasteiger partial charge is 0.137 e. The first-order valence-corrected chi connectivity index (χ1v) is 8.26. The van der Waals surface area contributed by atoms with Crippen molar-refractivity contribution in [2.45, 2.75) is 12.3 Å². The van der Waals surface area contributed by atoms with Crippen molar-refractivity contribution < 1.29 is 4.39 Å². The maximum Gasteiger partial charge on any atom is 0.137 e. The van der Waals surface area contributed by atoms with Crippen LogP contribution >= 0.6 is 59.4 Å². The Balaban J connectivity index is 2.46. The van der Waals surface area contributed by atoms with E-state index in [2.05, 4.69) is 47.8 Å². The molecule has 0 spiro atoms. The lowest BCUT2D eigenvalue weighted by Crippen LogP contribution is -1.97. The van der Waals surface area contributed by atoms with Crippen LogP contribution in [-0.2, 0) is 0 Å². The van der Waals surface area contributed by atoms with Crippen LogP contribution in [-0.4, -0.2) is 0 Å². The summed E-state index contributed by atoms with van der Waals surface area (Å²) in [4.78, 5) is 0. The van der Waals surface area contributed by atoms with Gasteiger partial charge < -0.3 is 0 Å². The first kappa shape index (κ1) is 15.5. The summed E-state index contributed by atoms with van der Waals surface area (Å²) < 4.78 is 15.9. The highest BCUT2D eigenvalue weighted by Gasteiger charge is 2.16. The molecule has 0 saturated heterocycles. The van der Waals surface area contributed by atoms with Crippen molar-refractivity contribution in [2.75, 3.05) is 0 Å². The van der Waals surface area contributed by atoms with E-state index in [-0.39, 0.29) is 5.82 Å². The Hall–Kier alpha value is 0.1000. The minimum absolute atomic E-state index is 0.314. The maximum atomic E-state index is 13.6. The largest absolute Gasteiger partial charge is 0.206 e. The summed E-state index contributed by atoms with van der Waals surface area (Å²) in [6.07, 6.45) is 0. The van der Waals surface area contributed by atoms with Crippen LogP contribution in [0.15, 0.2) is 43.7 Å². The number of benzene rings is 2. The molecular formula is C14H9Br3ClF. The summed E-state index contributed by atoms with van der Waals surface area (Å²) in [6, 6.07) is 8.87. The predicted molar refractivity (Wildman–Crippen MR) is 88.4 cm³/mol. The summed E-state index contributed by atoms with van der Waals surface area (Å²) in [6.45, 7) is 2.00. The van der Waals surface area contributed by atoms with Gasteiger partial charge in [0.15, 0.2) is 0 Å². The lowest BCUT2D eigenvalue weighted by molar-refractivity contribution is 0.619. The number of hydrogen-bond donors (Lipinski definition) is 0. The van der Waals surface area contributed by atoms with Crippen molar-refractivity contribution in [1.82, 2.24) is 0 Å². The molecule has 0 nitrogen and oxygen atoms in total. The van der Waals surface area contributed by atoms with E-state index in [1.54, 1.807) is 6.07 Å². The van der Waals surface area contributed by atoms with E-state index in [1.807, 2.05) is 25.1 Å². The molecule has 0 aliphatic rings. The lowest BCUT2D eigenvalue weighted by Gasteiger charge is -2.14. The molecule has 2 aromatic rings. The molecule has 0 radical (unpaired) electrons. The second kappa shape index (κ2) is 6.25. The van der Waals surface area contributed by atoms with E-state index in [1.165, 1.54) is 6.07 Å². The average Bonchev–Trinajstić information content (AvgIpc) is 2.36. The highest BCUT2D eigenvalue weighted by molar-refractivity contribution is 9.11. The molecule has 100 valence electrons. The molecule has 0 aromatic heterocycles. The molecule has 0 aliphatic heterocycles. The molecule has 0 bridgehead atoms. The normalized spacial score (nSPS) is 12.5. The van der Waals surface area contributed by atoms with Gasteiger partial charge in [-0.05, 0) is 63.8 Å². The fourth-order valence-corrected chi connectivity index (χ4v) is 3.45. The van der Waals surface area contributed by atoms with E-state index < -0.39 is 5.38 Å². The predicted octanol–water partition coefficient (Wildman–Crippen LogP) is 6.75. The van der Waals surface area contributed by atoms with Gasteiger partial charge in [0.1, 0.15) is 5.82 Å². The molecule has 0 heterocycles. The quantitative estimate of drug-likeness (QED) is 0.425. The van der Waals surface area contributed by atoms with Gasteiger partial charge in [-0.3, -0.25) is 0 Å². The van der Waals surface area contributed by atoms with Crippen molar-refractivity contribution in [2.24, 2.45) is 0 Å². The van der Waals surface area contributed by atoms with Crippen LogP contribution < -0.4 is 0 Å². The van der Waals surface area contributed by atoms with Gasteiger partial charge in [-0.1, -0.05) is 37.9 Å². The Morgan fingerprint density at radius 2 is 1.68 bits per heavy atom. The maximum absolute atomic E-state index is 13.6. The number of aryl methyl sites for hydroxylation is 1. The summed E-state index contributed by atoms with van der Waals surface area (Å²) in [5.41, 5.74) is 2.74. The number of hydrogen-bond acceptors (Lipinski definition) is 0. The number of rotatable bonds is 2. The molecular weight excluding hydrogens is 462 g/mol. The van der Waals surface area contributed by atoms with Gasteiger partial charge in [-0.2, -0.15) is 0 Å². The van der Waals surface area contributed by atoms with Crippen LogP contribution in [0.2, 0.25) is 0 Å². The third-order valence-electron chi connectivity index (χ3n) is 2.79. The molecule has 2 rings (SSSR count). The fraction of sp³-hybridized carbons (Fsp3) is 0.143. The minimum atomic E-state index is -0.408. The highest BCUT2D eigenvalue weighted by atomic mass is 79.9. The van der Waals surface area contributed by atoms with Gasteiger partial charge >= 0.3 is 0 Å². The van der Waals surface area contributed by atoms with Crippen LogP contribution in [0, 0.1) is 12.7 Å². The zero-order valence-corrected chi connectivity index (χ0v) is 15.4. The Morgan fingerprint density at radius 3 is 2.32 bits per heavy atom. The molecule has 5 heteroatoms. The lowest BCUT2D eigenvalue weighted by atomic mass is 10.0. The van der Waals surface area contributed by atoms with Crippen LogP contribution in [0.4, 0.5) is 4.39 Å². The minimum Gasteiger partial charge on any atom is -0.206 e. The molecule has 2 aromatic carbocycles. The molecule has 1 atom stereocenters. The van der Waals surface area contributed by atoms with Crippen molar-refractivity contribution in [3.05, 3.63) is 66.3 Å². The third kappa shape index (κ3) is 3.41. The third-order valence-corrected chi connectivity index (χ3v) is 5.46. The van der Waals surface area contributed by atoms with Crippen molar-refractivity contribution in [3.8, 4) is 0 Å². The Kier molecular flexibility index (Phi) is 5.09. The van der Waals surface area contributed by atoms with E-state index in [4.69, 9.17) is 11.6 Å². The van der Waals surface area contributed by atoms with E-state index in [0.29, 0.717) is 4.47 Å². The molecule has 19 heavy (non-hydrogen) atoms. The van der Waals surface area contributed by atoms with Crippen LogP contribution in [0.3, 0.4) is 0 Å². The van der Waals surface area contributed by atoms with Crippen molar-refractivity contribution in [3.63, 3.8) is 0 Å².